The summed E-state index contributed by atoms with van der Waals surface area (Å²) in [7, 11) is 0. The second-order valence-electron chi connectivity index (χ2n) is 9.52. The molecule has 0 radical (unpaired) electrons. The summed E-state index contributed by atoms with van der Waals surface area (Å²) < 4.78 is 0. The molecule has 0 saturated heterocycles. The Bertz CT molecular complexity index is 1660. The predicted octanol–water partition coefficient (Wildman–Crippen LogP) is 9.93. The number of rotatable bonds is 6. The average molecular weight is 517 g/mol. The largest absolute Gasteiger partial charge is 0.399 e. The van der Waals surface area contributed by atoms with Crippen molar-refractivity contribution in [2.75, 3.05) is 11.5 Å². The maximum atomic E-state index is 7.23. The van der Waals surface area contributed by atoms with Gasteiger partial charge in [0.15, 0.2) is 0 Å². The van der Waals surface area contributed by atoms with Crippen LogP contribution in [0.3, 0.4) is 0 Å². The number of nitrogen functional groups attached to an aromatic ring is 2. The number of nitrogens with two attached hydrogens (primary N) is 2. The smallest absolute Gasteiger partial charge is 0.103 e. The summed E-state index contributed by atoms with van der Waals surface area (Å²) in [5.41, 5.74) is 23.8. The summed E-state index contributed by atoms with van der Waals surface area (Å²) in [6.45, 7) is 0. The molecule has 0 atom stereocenters. The second kappa shape index (κ2) is 11.1. The van der Waals surface area contributed by atoms with E-state index in [0.29, 0.717) is 17.1 Å². The van der Waals surface area contributed by atoms with E-state index in [9.17, 15) is 0 Å². The molecule has 4 heteroatoms. The molecule has 0 aromatic heterocycles. The lowest BCUT2D eigenvalue weighted by Gasteiger charge is -2.24. The van der Waals surface area contributed by atoms with Crippen molar-refractivity contribution in [3.8, 4) is 44.5 Å². The molecule has 0 aliphatic heterocycles. The van der Waals surface area contributed by atoms with Crippen LogP contribution in [0.5, 0.6) is 0 Å². The zero-order valence-electron chi connectivity index (χ0n) is 21.9. The van der Waals surface area contributed by atoms with E-state index in [1.165, 1.54) is 0 Å². The van der Waals surface area contributed by atoms with Gasteiger partial charge in [-0.15, -0.1) is 5.11 Å². The molecule has 0 bridgehead atoms. The first-order valence-corrected chi connectivity index (χ1v) is 13.2. The Hall–Kier alpha value is -5.48. The summed E-state index contributed by atoms with van der Waals surface area (Å²) >= 11 is 0. The first kappa shape index (κ1) is 24.8. The highest BCUT2D eigenvalue weighted by Gasteiger charge is 2.26. The maximum absolute atomic E-state index is 7.23. The van der Waals surface area contributed by atoms with Crippen LogP contribution in [0.15, 0.2) is 156 Å². The van der Waals surface area contributed by atoms with Crippen LogP contribution in [0.1, 0.15) is 0 Å². The third kappa shape index (κ3) is 4.86. The van der Waals surface area contributed by atoms with Crippen LogP contribution in [0.2, 0.25) is 0 Å². The van der Waals surface area contributed by atoms with E-state index in [4.69, 9.17) is 21.7 Å². The minimum atomic E-state index is 0.680. The van der Waals surface area contributed by atoms with Gasteiger partial charge in [-0.2, -0.15) is 5.11 Å². The van der Waals surface area contributed by atoms with Crippen molar-refractivity contribution < 1.29 is 0 Å². The number of azo groups is 1. The molecule has 0 fully saturated rings. The Kier molecular flexibility index (Phi) is 6.89. The molecule has 4 nitrogen and oxygen atoms in total. The molecule has 0 unspecified atom stereocenters. The Morgan fingerprint density at radius 1 is 0.350 bits per heavy atom. The summed E-state index contributed by atoms with van der Waals surface area (Å²) in [4.78, 5) is 0. The molecular weight excluding hydrogens is 488 g/mol. The molecule has 0 aliphatic carbocycles. The highest BCUT2D eigenvalue weighted by molar-refractivity contribution is 6.11. The number of hydrogen-bond acceptors (Lipinski definition) is 4. The van der Waals surface area contributed by atoms with E-state index in [1.54, 1.807) is 0 Å². The first-order valence-electron chi connectivity index (χ1n) is 13.2. The van der Waals surface area contributed by atoms with Crippen molar-refractivity contribution >= 4 is 22.7 Å². The van der Waals surface area contributed by atoms with Crippen molar-refractivity contribution in [1.82, 2.24) is 0 Å². The van der Waals surface area contributed by atoms with Crippen LogP contribution in [-0.4, -0.2) is 0 Å². The van der Waals surface area contributed by atoms with Gasteiger partial charge >= 0.3 is 0 Å². The third-order valence-corrected chi connectivity index (χ3v) is 6.92. The maximum Gasteiger partial charge on any atom is 0.103 e. The van der Waals surface area contributed by atoms with Crippen molar-refractivity contribution in [2.24, 2.45) is 10.2 Å². The number of anilines is 2. The molecule has 40 heavy (non-hydrogen) atoms. The van der Waals surface area contributed by atoms with Crippen molar-refractivity contribution in [3.63, 3.8) is 0 Å². The Labute approximate surface area is 234 Å². The highest BCUT2D eigenvalue weighted by atomic mass is 15.1. The molecule has 6 aromatic rings. The van der Waals surface area contributed by atoms with Gasteiger partial charge in [-0.25, -0.2) is 0 Å². The van der Waals surface area contributed by atoms with Gasteiger partial charge in [-0.1, -0.05) is 121 Å². The fourth-order valence-electron chi connectivity index (χ4n) is 5.09. The summed E-state index contributed by atoms with van der Waals surface area (Å²) in [5, 5.41) is 9.72. The van der Waals surface area contributed by atoms with Crippen molar-refractivity contribution in [2.45, 2.75) is 0 Å². The molecule has 0 saturated carbocycles. The fraction of sp³-hybridized carbons (Fsp3) is 0. The molecule has 0 amide bonds. The third-order valence-electron chi connectivity index (χ3n) is 6.92. The van der Waals surface area contributed by atoms with Gasteiger partial charge in [0.05, 0.1) is 5.69 Å². The number of hydrogen-bond donors (Lipinski definition) is 2. The molecule has 0 aliphatic rings. The summed E-state index contributed by atoms with van der Waals surface area (Å²) in [6, 6.07) is 48.5. The van der Waals surface area contributed by atoms with E-state index >= 15 is 0 Å². The lowest BCUT2D eigenvalue weighted by Crippen LogP contribution is -2.01. The van der Waals surface area contributed by atoms with Crippen LogP contribution in [0.25, 0.3) is 44.5 Å². The molecule has 6 rings (SSSR count). The monoisotopic (exact) mass is 516 g/mol. The van der Waals surface area contributed by atoms with Gasteiger partial charge in [0, 0.05) is 33.6 Å². The zero-order valence-corrected chi connectivity index (χ0v) is 21.9. The first-order chi connectivity index (χ1) is 19.7. The number of benzene rings is 6. The van der Waals surface area contributed by atoms with Crippen molar-refractivity contribution in [3.05, 3.63) is 146 Å². The molecular formula is C36H28N4. The van der Waals surface area contributed by atoms with Gasteiger partial charge in [0.2, 0.25) is 0 Å². The average Bonchev–Trinajstić information content (AvgIpc) is 3.02. The van der Waals surface area contributed by atoms with Crippen LogP contribution >= 0.6 is 0 Å². The van der Waals surface area contributed by atoms with E-state index < -0.39 is 0 Å². The normalized spacial score (nSPS) is 11.1. The summed E-state index contributed by atoms with van der Waals surface area (Å²) in [6.07, 6.45) is 0. The lowest BCUT2D eigenvalue weighted by atomic mass is 9.82. The topological polar surface area (TPSA) is 76.8 Å². The van der Waals surface area contributed by atoms with Gasteiger partial charge in [0.25, 0.3) is 0 Å². The fourth-order valence-corrected chi connectivity index (χ4v) is 5.09. The van der Waals surface area contributed by atoms with E-state index in [2.05, 4.69) is 48.5 Å². The molecule has 6 aromatic carbocycles. The van der Waals surface area contributed by atoms with E-state index in [-0.39, 0.29) is 0 Å². The molecule has 192 valence electrons. The van der Waals surface area contributed by atoms with E-state index in [0.717, 1.165) is 50.2 Å². The quantitative estimate of drug-likeness (QED) is 0.171. The van der Waals surface area contributed by atoms with Gasteiger partial charge in [0.1, 0.15) is 5.69 Å². The summed E-state index contributed by atoms with van der Waals surface area (Å²) in [5.74, 6) is 0. The Balaban J connectivity index is 1.80. The zero-order chi connectivity index (χ0) is 27.3. The van der Waals surface area contributed by atoms with E-state index in [1.807, 2.05) is 97.1 Å². The van der Waals surface area contributed by atoms with Crippen LogP contribution in [-0.2, 0) is 0 Å². The Morgan fingerprint density at radius 3 is 1.07 bits per heavy atom. The lowest BCUT2D eigenvalue weighted by molar-refractivity contribution is 1.23. The van der Waals surface area contributed by atoms with Gasteiger partial charge < -0.3 is 11.5 Å². The van der Waals surface area contributed by atoms with Crippen molar-refractivity contribution in [1.29, 1.82) is 0 Å². The van der Waals surface area contributed by atoms with Crippen LogP contribution < -0.4 is 11.5 Å². The molecule has 0 spiro atoms. The molecule has 0 heterocycles. The highest BCUT2D eigenvalue weighted by Crippen LogP contribution is 2.54. The van der Waals surface area contributed by atoms with Crippen LogP contribution in [0.4, 0.5) is 22.7 Å². The minimum Gasteiger partial charge on any atom is -0.399 e. The van der Waals surface area contributed by atoms with Crippen LogP contribution in [0, 0.1) is 0 Å². The predicted molar refractivity (Wildman–Crippen MR) is 168 cm³/mol. The second-order valence-corrected chi connectivity index (χ2v) is 9.52. The number of nitrogens with zero attached hydrogens (tertiary/aromatic N) is 2. The Morgan fingerprint density at radius 2 is 0.700 bits per heavy atom. The van der Waals surface area contributed by atoms with Gasteiger partial charge in [-0.05, 0) is 46.5 Å². The standard InChI is InChI=1S/C36H28N4/c37-29-21-23-30(24-22-29)39-40-36-33(27-17-9-3-10-18-27)31(25-13-5-1-6-14-25)35(38)32(26-15-7-2-8-16-26)34(36)28-19-11-4-12-20-28/h1-24H,37-38H2. The van der Waals surface area contributed by atoms with Gasteiger partial charge in [-0.3, -0.25) is 0 Å². The SMILES string of the molecule is Nc1ccc(N=Nc2c(-c3ccccc3)c(-c3ccccc3)c(N)c(-c3ccccc3)c2-c2ccccc2)cc1. The molecule has 4 N–H and O–H groups in total. The minimum absolute atomic E-state index is 0.680.